The average molecular weight is 185 g/mol. The molecule has 0 aliphatic carbocycles. The summed E-state index contributed by atoms with van der Waals surface area (Å²) in [5.41, 5.74) is 0. The van der Waals surface area contributed by atoms with Crippen molar-refractivity contribution in [3.05, 3.63) is 0 Å². The highest BCUT2D eigenvalue weighted by Gasteiger charge is 2.17. The molecule has 0 aromatic rings. The molecule has 1 fully saturated rings. The summed E-state index contributed by atoms with van der Waals surface area (Å²) in [4.78, 5) is 2.56. The van der Waals surface area contributed by atoms with Crippen LogP contribution in [0.25, 0.3) is 0 Å². The Hall–Kier alpha value is -0.0800. The van der Waals surface area contributed by atoms with Crippen LogP contribution >= 0.6 is 0 Å². The van der Waals surface area contributed by atoms with E-state index in [-0.39, 0.29) is 0 Å². The van der Waals surface area contributed by atoms with E-state index < -0.39 is 0 Å². The van der Waals surface area contributed by atoms with Gasteiger partial charge >= 0.3 is 0 Å². The first-order valence-electron chi connectivity index (χ1n) is 5.66. The quantitative estimate of drug-likeness (QED) is 0.608. The molecule has 1 aliphatic heterocycles. The van der Waals surface area contributed by atoms with Gasteiger partial charge < -0.3 is 9.64 Å². The summed E-state index contributed by atoms with van der Waals surface area (Å²) < 4.78 is 5.39. The molecule has 1 aliphatic rings. The van der Waals surface area contributed by atoms with E-state index in [0.717, 1.165) is 19.1 Å². The molecule has 0 N–H and O–H groups in total. The van der Waals surface area contributed by atoms with Gasteiger partial charge in [0.2, 0.25) is 0 Å². The molecule has 1 rings (SSSR count). The third-order valence-corrected chi connectivity index (χ3v) is 2.92. The topological polar surface area (TPSA) is 12.5 Å². The maximum Gasteiger partial charge on any atom is 0.0469 e. The molecule has 0 radical (unpaired) electrons. The van der Waals surface area contributed by atoms with Gasteiger partial charge in [-0.3, -0.25) is 0 Å². The van der Waals surface area contributed by atoms with E-state index in [1.54, 1.807) is 0 Å². The second-order valence-electron chi connectivity index (χ2n) is 3.89. The van der Waals surface area contributed by atoms with Crippen molar-refractivity contribution in [2.45, 2.75) is 33.1 Å². The van der Waals surface area contributed by atoms with Gasteiger partial charge in [0.05, 0.1) is 0 Å². The van der Waals surface area contributed by atoms with E-state index in [4.69, 9.17) is 4.74 Å². The van der Waals surface area contributed by atoms with Crippen LogP contribution in [0.4, 0.5) is 0 Å². The van der Waals surface area contributed by atoms with Gasteiger partial charge in [0.15, 0.2) is 0 Å². The number of hydrogen-bond acceptors (Lipinski definition) is 2. The molecule has 2 nitrogen and oxygen atoms in total. The van der Waals surface area contributed by atoms with Crippen molar-refractivity contribution in [3.8, 4) is 0 Å². The summed E-state index contributed by atoms with van der Waals surface area (Å²) >= 11 is 0. The van der Waals surface area contributed by atoms with Crippen molar-refractivity contribution >= 4 is 0 Å². The Morgan fingerprint density at radius 2 is 2.23 bits per heavy atom. The summed E-state index contributed by atoms with van der Waals surface area (Å²) in [5.74, 6) is 0.889. The van der Waals surface area contributed by atoms with Gasteiger partial charge in [-0.1, -0.05) is 6.92 Å². The smallest absolute Gasteiger partial charge is 0.0469 e. The van der Waals surface area contributed by atoms with E-state index in [9.17, 15) is 0 Å². The first kappa shape index (κ1) is 11.0. The third kappa shape index (κ3) is 4.10. The van der Waals surface area contributed by atoms with Gasteiger partial charge in [-0.2, -0.15) is 0 Å². The van der Waals surface area contributed by atoms with Crippen LogP contribution in [0.5, 0.6) is 0 Å². The van der Waals surface area contributed by atoms with E-state index in [1.807, 2.05) is 0 Å². The molecule has 0 bridgehead atoms. The number of rotatable bonds is 5. The molecule has 13 heavy (non-hydrogen) atoms. The molecular weight excluding hydrogens is 162 g/mol. The molecule has 0 aromatic carbocycles. The fourth-order valence-electron chi connectivity index (χ4n) is 2.07. The molecule has 0 unspecified atom stereocenters. The highest BCUT2D eigenvalue weighted by atomic mass is 16.5. The van der Waals surface area contributed by atoms with Gasteiger partial charge in [-0.05, 0) is 45.2 Å². The fourth-order valence-corrected chi connectivity index (χ4v) is 2.07. The molecule has 0 spiro atoms. The molecule has 1 heterocycles. The van der Waals surface area contributed by atoms with Crippen molar-refractivity contribution in [2.24, 2.45) is 5.92 Å². The molecule has 1 saturated heterocycles. The van der Waals surface area contributed by atoms with Crippen LogP contribution in [0.2, 0.25) is 0 Å². The van der Waals surface area contributed by atoms with Gasteiger partial charge in [0, 0.05) is 19.8 Å². The number of piperidine rings is 1. The van der Waals surface area contributed by atoms with E-state index >= 15 is 0 Å². The predicted octanol–water partition coefficient (Wildman–Crippen LogP) is 2.14. The molecule has 2 heteroatoms. The van der Waals surface area contributed by atoms with Crippen LogP contribution in [0.1, 0.15) is 33.1 Å². The zero-order valence-corrected chi connectivity index (χ0v) is 9.09. The second-order valence-corrected chi connectivity index (χ2v) is 3.89. The van der Waals surface area contributed by atoms with Crippen LogP contribution < -0.4 is 0 Å². The Balaban J connectivity index is 2.11. The van der Waals surface area contributed by atoms with E-state index in [2.05, 4.69) is 18.7 Å². The number of likely N-dealkylation sites (tertiary alicyclic amines) is 1. The summed E-state index contributed by atoms with van der Waals surface area (Å²) in [6.45, 7) is 9.96. The largest absolute Gasteiger partial charge is 0.382 e. The van der Waals surface area contributed by atoms with Crippen molar-refractivity contribution < 1.29 is 4.74 Å². The summed E-state index contributed by atoms with van der Waals surface area (Å²) in [6, 6.07) is 0. The number of nitrogens with zero attached hydrogens (tertiary/aromatic N) is 1. The summed E-state index contributed by atoms with van der Waals surface area (Å²) in [6.07, 6.45) is 4.04. The lowest BCUT2D eigenvalue weighted by Gasteiger charge is -2.31. The van der Waals surface area contributed by atoms with Gasteiger partial charge in [0.1, 0.15) is 0 Å². The lowest BCUT2D eigenvalue weighted by molar-refractivity contribution is 0.106. The zero-order chi connectivity index (χ0) is 9.52. The van der Waals surface area contributed by atoms with Crippen LogP contribution in [0.3, 0.4) is 0 Å². The van der Waals surface area contributed by atoms with Crippen molar-refractivity contribution in [1.29, 1.82) is 0 Å². The molecule has 1 atom stereocenters. The predicted molar refractivity (Wildman–Crippen MR) is 55.9 cm³/mol. The van der Waals surface area contributed by atoms with Crippen molar-refractivity contribution in [1.82, 2.24) is 4.90 Å². The SMILES string of the molecule is CCOCC[C@@H]1CCCN(CC)C1. The Kier molecular flexibility index (Phi) is 5.40. The van der Waals surface area contributed by atoms with Crippen LogP contribution in [-0.2, 0) is 4.74 Å². The Morgan fingerprint density at radius 1 is 1.38 bits per heavy atom. The number of ether oxygens (including phenoxy) is 1. The van der Waals surface area contributed by atoms with Crippen molar-refractivity contribution in [2.75, 3.05) is 32.8 Å². The standard InChI is InChI=1S/C11H23NO/c1-3-12-8-5-6-11(10-12)7-9-13-4-2/h11H,3-10H2,1-2H3/t11-/m0/s1. The van der Waals surface area contributed by atoms with Crippen LogP contribution in [-0.4, -0.2) is 37.7 Å². The molecule has 0 saturated carbocycles. The molecule has 0 aromatic heterocycles. The zero-order valence-electron chi connectivity index (χ0n) is 9.09. The minimum Gasteiger partial charge on any atom is -0.382 e. The Morgan fingerprint density at radius 3 is 2.92 bits per heavy atom. The minimum absolute atomic E-state index is 0.865. The lowest BCUT2D eigenvalue weighted by Crippen LogP contribution is -2.35. The monoisotopic (exact) mass is 185 g/mol. The van der Waals surface area contributed by atoms with E-state index in [0.29, 0.717) is 0 Å². The second kappa shape index (κ2) is 6.39. The number of hydrogen-bond donors (Lipinski definition) is 0. The Bertz CT molecular complexity index is 127. The fraction of sp³-hybridized carbons (Fsp3) is 1.00. The molecular formula is C11H23NO. The maximum atomic E-state index is 5.39. The minimum atomic E-state index is 0.865. The van der Waals surface area contributed by atoms with Gasteiger partial charge in [0.25, 0.3) is 0 Å². The van der Waals surface area contributed by atoms with Crippen molar-refractivity contribution in [3.63, 3.8) is 0 Å². The van der Waals surface area contributed by atoms with Crippen LogP contribution in [0.15, 0.2) is 0 Å². The average Bonchev–Trinajstić information content (AvgIpc) is 2.19. The van der Waals surface area contributed by atoms with Crippen LogP contribution in [0, 0.1) is 5.92 Å². The maximum absolute atomic E-state index is 5.39. The lowest BCUT2D eigenvalue weighted by atomic mass is 9.95. The first-order chi connectivity index (χ1) is 6.36. The molecule has 78 valence electrons. The normalized spacial score (nSPS) is 24.9. The summed E-state index contributed by atoms with van der Waals surface area (Å²) in [7, 11) is 0. The summed E-state index contributed by atoms with van der Waals surface area (Å²) in [5, 5.41) is 0. The first-order valence-corrected chi connectivity index (χ1v) is 5.66. The highest BCUT2D eigenvalue weighted by Crippen LogP contribution is 2.18. The molecule has 0 amide bonds. The third-order valence-electron chi connectivity index (χ3n) is 2.92. The van der Waals surface area contributed by atoms with Gasteiger partial charge in [-0.25, -0.2) is 0 Å². The van der Waals surface area contributed by atoms with Gasteiger partial charge in [-0.15, -0.1) is 0 Å². The van der Waals surface area contributed by atoms with E-state index in [1.165, 1.54) is 38.9 Å². The Labute approximate surface area is 82.3 Å². The highest BCUT2D eigenvalue weighted by molar-refractivity contribution is 4.71.